The molecule has 1 fully saturated rings. The number of benzene rings is 2. The van der Waals surface area contributed by atoms with E-state index in [1.165, 1.54) is 12.1 Å². The van der Waals surface area contributed by atoms with Gasteiger partial charge in [0.25, 0.3) is 5.91 Å². The molecule has 2 aliphatic rings. The summed E-state index contributed by atoms with van der Waals surface area (Å²) in [5, 5.41) is 5.84. The van der Waals surface area contributed by atoms with Crippen molar-refractivity contribution in [3.63, 3.8) is 0 Å². The van der Waals surface area contributed by atoms with Crippen LogP contribution in [0.1, 0.15) is 10.4 Å². The van der Waals surface area contributed by atoms with Crippen LogP contribution in [0.3, 0.4) is 0 Å². The predicted octanol–water partition coefficient (Wildman–Crippen LogP) is 2.08. The monoisotopic (exact) mass is 414 g/mol. The Morgan fingerprint density at radius 1 is 1.07 bits per heavy atom. The van der Waals surface area contributed by atoms with Gasteiger partial charge in [-0.3, -0.25) is 20.0 Å². The molecule has 9 heteroatoms. The molecule has 0 radical (unpaired) electrons. The maximum Gasteiger partial charge on any atom is 0.258 e. The fourth-order valence-electron chi connectivity index (χ4n) is 3.13. The van der Waals surface area contributed by atoms with Crippen LogP contribution in [0, 0.1) is 5.82 Å². The number of fused-ring (bicyclic) bond motifs is 1. The summed E-state index contributed by atoms with van der Waals surface area (Å²) in [5.41, 5.74) is 1.04. The topological polar surface area (TPSA) is 84.4 Å². The zero-order valence-electron chi connectivity index (χ0n) is 16.4. The van der Waals surface area contributed by atoms with Crippen molar-refractivity contribution in [1.29, 1.82) is 0 Å². The van der Waals surface area contributed by atoms with Gasteiger partial charge >= 0.3 is 0 Å². The number of nitrogens with one attached hydrogen (secondary N) is 2. The Bertz CT molecular complexity index is 914. The standard InChI is InChI=1S/C21H23FN4O4/c22-16-2-4-17(5-3-16)24-21(23-7-8-26-9-11-28-12-10-26)25-20(27)15-1-6-18-19(13-15)30-14-29-18/h1-6,13H,7-12,14H2,(H2,23,24,25,27). The van der Waals surface area contributed by atoms with Gasteiger partial charge in [-0.2, -0.15) is 0 Å². The van der Waals surface area contributed by atoms with E-state index in [2.05, 4.69) is 20.5 Å². The summed E-state index contributed by atoms with van der Waals surface area (Å²) in [6.45, 7) is 4.53. The van der Waals surface area contributed by atoms with E-state index in [1.54, 1.807) is 30.3 Å². The van der Waals surface area contributed by atoms with Crippen molar-refractivity contribution in [1.82, 2.24) is 10.2 Å². The normalized spacial score (nSPS) is 16.4. The van der Waals surface area contributed by atoms with Gasteiger partial charge in [0, 0.05) is 30.9 Å². The van der Waals surface area contributed by atoms with Crippen molar-refractivity contribution in [2.24, 2.45) is 4.99 Å². The number of halogens is 1. The molecule has 0 atom stereocenters. The minimum atomic E-state index is -0.340. The molecule has 2 N–H and O–H groups in total. The third-order valence-corrected chi connectivity index (χ3v) is 4.76. The average molecular weight is 414 g/mol. The second-order valence-electron chi connectivity index (χ2n) is 6.84. The average Bonchev–Trinajstić information content (AvgIpc) is 3.24. The van der Waals surface area contributed by atoms with Gasteiger partial charge in [-0.1, -0.05) is 0 Å². The minimum Gasteiger partial charge on any atom is -0.454 e. The lowest BCUT2D eigenvalue weighted by Crippen LogP contribution is -2.39. The highest BCUT2D eigenvalue weighted by molar-refractivity contribution is 6.10. The first-order chi connectivity index (χ1) is 14.7. The predicted molar refractivity (Wildman–Crippen MR) is 110 cm³/mol. The van der Waals surface area contributed by atoms with E-state index in [9.17, 15) is 9.18 Å². The van der Waals surface area contributed by atoms with Crippen LogP contribution in [0.15, 0.2) is 47.5 Å². The van der Waals surface area contributed by atoms with Crippen LogP contribution in [0.5, 0.6) is 11.5 Å². The summed E-state index contributed by atoms with van der Waals surface area (Å²) in [5.74, 6) is 0.747. The summed E-state index contributed by atoms with van der Waals surface area (Å²) < 4.78 is 29.2. The number of carbonyl (C=O) groups is 1. The van der Waals surface area contributed by atoms with Gasteiger partial charge in [0.15, 0.2) is 11.5 Å². The second kappa shape index (κ2) is 9.55. The van der Waals surface area contributed by atoms with Crippen LogP contribution < -0.4 is 20.1 Å². The molecule has 2 heterocycles. The van der Waals surface area contributed by atoms with Crippen molar-refractivity contribution in [3.05, 3.63) is 53.8 Å². The Labute approximate surface area is 173 Å². The van der Waals surface area contributed by atoms with Crippen LogP contribution in [-0.4, -0.2) is 63.0 Å². The molecule has 0 bridgehead atoms. The van der Waals surface area contributed by atoms with Crippen LogP contribution in [0.4, 0.5) is 10.1 Å². The van der Waals surface area contributed by atoms with Crippen LogP contribution in [0.25, 0.3) is 0 Å². The summed E-state index contributed by atoms with van der Waals surface area (Å²) in [6.07, 6.45) is 0. The molecule has 2 aromatic rings. The van der Waals surface area contributed by atoms with Gasteiger partial charge in [-0.25, -0.2) is 4.39 Å². The molecule has 0 unspecified atom stereocenters. The number of guanidine groups is 1. The van der Waals surface area contributed by atoms with Crippen LogP contribution in [0.2, 0.25) is 0 Å². The highest BCUT2D eigenvalue weighted by Gasteiger charge is 2.17. The molecule has 4 rings (SSSR count). The molecule has 0 aromatic heterocycles. The van der Waals surface area contributed by atoms with E-state index in [-0.39, 0.29) is 24.5 Å². The summed E-state index contributed by atoms with van der Waals surface area (Å²) in [4.78, 5) is 19.5. The first-order valence-corrected chi connectivity index (χ1v) is 9.75. The Morgan fingerprint density at radius 2 is 1.83 bits per heavy atom. The molecule has 0 spiro atoms. The summed E-state index contributed by atoms with van der Waals surface area (Å²) in [7, 11) is 0. The minimum absolute atomic E-state index is 0.140. The van der Waals surface area contributed by atoms with Gasteiger partial charge in [0.05, 0.1) is 19.8 Å². The van der Waals surface area contributed by atoms with E-state index in [0.717, 1.165) is 19.6 Å². The SMILES string of the molecule is O=C(NC(=NCCN1CCOCC1)Nc1ccc(F)cc1)c1ccc2c(c1)OCO2. The van der Waals surface area contributed by atoms with Crippen LogP contribution >= 0.6 is 0 Å². The molecule has 1 amide bonds. The second-order valence-corrected chi connectivity index (χ2v) is 6.84. The van der Waals surface area contributed by atoms with Crippen LogP contribution in [-0.2, 0) is 4.74 Å². The van der Waals surface area contributed by atoms with E-state index < -0.39 is 0 Å². The Kier molecular flexibility index (Phi) is 6.41. The highest BCUT2D eigenvalue weighted by atomic mass is 19.1. The lowest BCUT2D eigenvalue weighted by Gasteiger charge is -2.25. The number of carbonyl (C=O) groups excluding carboxylic acids is 1. The first kappa shape index (κ1) is 20.1. The molecule has 30 heavy (non-hydrogen) atoms. The number of amides is 1. The van der Waals surface area contributed by atoms with Crippen molar-refractivity contribution < 1.29 is 23.4 Å². The molecule has 0 saturated carbocycles. The number of hydrogen-bond acceptors (Lipinski definition) is 6. The lowest BCUT2D eigenvalue weighted by molar-refractivity contribution is 0.0394. The highest BCUT2D eigenvalue weighted by Crippen LogP contribution is 2.32. The maximum atomic E-state index is 13.2. The summed E-state index contributed by atoms with van der Waals surface area (Å²) >= 11 is 0. The number of hydrogen-bond donors (Lipinski definition) is 2. The third kappa shape index (κ3) is 5.25. The number of anilines is 1. The van der Waals surface area contributed by atoms with Crippen molar-refractivity contribution in [3.8, 4) is 11.5 Å². The number of morpholine rings is 1. The molecule has 8 nitrogen and oxygen atoms in total. The lowest BCUT2D eigenvalue weighted by atomic mass is 10.2. The van der Waals surface area contributed by atoms with Gasteiger partial charge < -0.3 is 19.5 Å². The maximum absolute atomic E-state index is 13.2. The Hall–Kier alpha value is -3.17. The van der Waals surface area contributed by atoms with Crippen molar-refractivity contribution in [2.45, 2.75) is 0 Å². The molecular weight excluding hydrogens is 391 g/mol. The number of nitrogens with zero attached hydrogens (tertiary/aromatic N) is 2. The molecule has 2 aliphatic heterocycles. The molecule has 0 aliphatic carbocycles. The van der Waals surface area contributed by atoms with Gasteiger partial charge in [-0.05, 0) is 42.5 Å². The van der Waals surface area contributed by atoms with Crippen molar-refractivity contribution >= 4 is 17.6 Å². The zero-order valence-corrected chi connectivity index (χ0v) is 16.4. The van der Waals surface area contributed by atoms with E-state index in [4.69, 9.17) is 14.2 Å². The largest absolute Gasteiger partial charge is 0.454 e. The van der Waals surface area contributed by atoms with E-state index >= 15 is 0 Å². The number of ether oxygens (including phenoxy) is 3. The Morgan fingerprint density at radius 3 is 2.63 bits per heavy atom. The molecule has 1 saturated heterocycles. The molecule has 2 aromatic carbocycles. The first-order valence-electron chi connectivity index (χ1n) is 9.75. The zero-order chi connectivity index (χ0) is 20.8. The fraction of sp³-hybridized carbons (Fsp3) is 0.333. The van der Waals surface area contributed by atoms with E-state index in [0.29, 0.717) is 42.5 Å². The van der Waals surface area contributed by atoms with Crippen molar-refractivity contribution in [2.75, 3.05) is 51.5 Å². The number of rotatable bonds is 5. The summed E-state index contributed by atoms with van der Waals surface area (Å²) in [6, 6.07) is 10.8. The molecule has 158 valence electrons. The molecular formula is C21H23FN4O4. The smallest absolute Gasteiger partial charge is 0.258 e. The van der Waals surface area contributed by atoms with Gasteiger partial charge in [0.1, 0.15) is 5.82 Å². The van der Waals surface area contributed by atoms with E-state index in [1.807, 2.05) is 0 Å². The third-order valence-electron chi connectivity index (χ3n) is 4.76. The quantitative estimate of drug-likeness (QED) is 0.576. The van der Waals surface area contributed by atoms with Gasteiger partial charge in [0.2, 0.25) is 12.8 Å². The number of aliphatic imine (C=N–C) groups is 1. The van der Waals surface area contributed by atoms with Gasteiger partial charge in [-0.15, -0.1) is 0 Å². The fourth-order valence-corrected chi connectivity index (χ4v) is 3.13. The Balaban J connectivity index is 1.44.